The third-order valence-corrected chi connectivity index (χ3v) is 4.54. The van der Waals surface area contributed by atoms with Gasteiger partial charge in [-0.3, -0.25) is 4.79 Å². The molecule has 0 aliphatic carbocycles. The van der Waals surface area contributed by atoms with Gasteiger partial charge in [0.25, 0.3) is 0 Å². The quantitative estimate of drug-likeness (QED) is 0.704. The van der Waals surface area contributed by atoms with E-state index in [9.17, 15) is 17.6 Å². The van der Waals surface area contributed by atoms with E-state index in [1.165, 1.54) is 6.07 Å². The Bertz CT molecular complexity index is 673. The molecule has 6 nitrogen and oxygen atoms in total. The molecule has 1 aromatic carbocycles. The molecule has 0 saturated heterocycles. The highest BCUT2D eigenvalue weighted by Crippen LogP contribution is 2.21. The van der Waals surface area contributed by atoms with E-state index in [0.717, 1.165) is 12.1 Å². The predicted molar refractivity (Wildman–Crippen MR) is 95.2 cm³/mol. The van der Waals surface area contributed by atoms with Crippen LogP contribution in [-0.4, -0.2) is 25.9 Å². The third-order valence-electron chi connectivity index (χ3n) is 2.77. The molecule has 0 aliphatic rings. The highest BCUT2D eigenvalue weighted by Gasteiger charge is 2.25. The smallest absolute Gasteiger partial charge is 0.244 e. The number of nitrogens with one attached hydrogen (secondary N) is 2. The van der Waals surface area contributed by atoms with Crippen molar-refractivity contribution >= 4 is 34.0 Å². The number of rotatable bonds is 6. The summed E-state index contributed by atoms with van der Waals surface area (Å²) in [6, 6.07) is 3.32. The van der Waals surface area contributed by atoms with Crippen LogP contribution in [-0.2, 0) is 14.8 Å². The number of halogens is 2. The second-order valence-electron chi connectivity index (χ2n) is 6.56. The predicted octanol–water partition coefficient (Wildman–Crippen LogP) is 2.39. The summed E-state index contributed by atoms with van der Waals surface area (Å²) < 4.78 is 40.7. The lowest BCUT2D eigenvalue weighted by Crippen LogP contribution is -2.40. The fraction of sp³-hybridized carbons (Fsp3) is 0.533. The number of nitrogens with two attached hydrogens (primary N) is 1. The van der Waals surface area contributed by atoms with Crippen molar-refractivity contribution in [1.82, 2.24) is 4.72 Å². The fourth-order valence-corrected chi connectivity index (χ4v) is 3.35. The molecule has 9 heteroatoms. The van der Waals surface area contributed by atoms with Crippen LogP contribution in [0.2, 0.25) is 0 Å². The number of sulfonamides is 1. The van der Waals surface area contributed by atoms with Gasteiger partial charge in [0.1, 0.15) is 10.7 Å². The average Bonchev–Trinajstić information content (AvgIpc) is 2.35. The zero-order chi connectivity index (χ0) is 17.8. The summed E-state index contributed by atoms with van der Waals surface area (Å²) in [5.74, 6) is -1.18. The van der Waals surface area contributed by atoms with E-state index in [1.54, 1.807) is 27.7 Å². The largest absolute Gasteiger partial charge is 0.328 e. The number of hydrogen-bond acceptors (Lipinski definition) is 4. The van der Waals surface area contributed by atoms with Crippen LogP contribution < -0.4 is 15.8 Å². The third kappa shape index (κ3) is 7.57. The van der Waals surface area contributed by atoms with Crippen molar-refractivity contribution < 1.29 is 17.6 Å². The topological polar surface area (TPSA) is 101 Å². The molecule has 1 atom stereocenters. The second-order valence-corrected chi connectivity index (χ2v) is 8.22. The molecule has 1 aromatic rings. The molecule has 0 spiro atoms. The lowest BCUT2D eigenvalue weighted by atomic mass is 10.1. The van der Waals surface area contributed by atoms with Crippen LogP contribution >= 0.6 is 12.4 Å². The van der Waals surface area contributed by atoms with Crippen molar-refractivity contribution in [1.29, 1.82) is 0 Å². The molecular formula is C15H25ClFN3O3S. The Morgan fingerprint density at radius 2 is 1.92 bits per heavy atom. The molecule has 0 saturated carbocycles. The number of hydrogen-bond donors (Lipinski definition) is 3. The summed E-state index contributed by atoms with van der Waals surface area (Å²) >= 11 is 0. The highest BCUT2D eigenvalue weighted by atomic mass is 35.5. The molecular weight excluding hydrogens is 357 g/mol. The minimum absolute atomic E-state index is 0. The summed E-state index contributed by atoms with van der Waals surface area (Å²) in [5, 5.41) is 2.55. The minimum Gasteiger partial charge on any atom is -0.328 e. The molecule has 138 valence electrons. The van der Waals surface area contributed by atoms with Crippen LogP contribution in [0, 0.1) is 5.82 Å². The van der Waals surface area contributed by atoms with E-state index in [4.69, 9.17) is 5.73 Å². The summed E-state index contributed by atoms with van der Waals surface area (Å²) in [4.78, 5) is 11.3. The molecule has 24 heavy (non-hydrogen) atoms. The lowest BCUT2D eigenvalue weighted by Gasteiger charge is -2.20. The van der Waals surface area contributed by atoms with Gasteiger partial charge in [0.05, 0.1) is 0 Å². The molecule has 0 bridgehead atoms. The fourth-order valence-electron chi connectivity index (χ4n) is 1.83. The standard InChI is InChI=1S/C15H24FN3O3S.ClH/c1-10(17)5-8-14(20)18-11-6-7-12(16)13(9-11)23(21,22)19-15(2,3)4;/h6-7,9-10,19H,5,8,17H2,1-4H3,(H,18,20);1H. The number of carbonyl (C=O) groups is 1. The number of benzene rings is 1. The highest BCUT2D eigenvalue weighted by molar-refractivity contribution is 7.89. The zero-order valence-corrected chi connectivity index (χ0v) is 15.9. The average molecular weight is 382 g/mol. The summed E-state index contributed by atoms with van der Waals surface area (Å²) in [7, 11) is -4.03. The molecule has 1 unspecified atom stereocenters. The van der Waals surface area contributed by atoms with Gasteiger partial charge in [-0.15, -0.1) is 12.4 Å². The van der Waals surface area contributed by atoms with Crippen LogP contribution in [0.5, 0.6) is 0 Å². The number of anilines is 1. The minimum atomic E-state index is -4.03. The van der Waals surface area contributed by atoms with Gasteiger partial charge in [-0.05, 0) is 52.3 Å². The Hall–Kier alpha value is -1.22. The molecule has 0 radical (unpaired) electrons. The van der Waals surface area contributed by atoms with Gasteiger partial charge in [0.15, 0.2) is 0 Å². The maximum Gasteiger partial charge on any atom is 0.244 e. The molecule has 0 aromatic heterocycles. The molecule has 4 N–H and O–H groups in total. The van der Waals surface area contributed by atoms with Crippen LogP contribution in [0.3, 0.4) is 0 Å². The first-order valence-corrected chi connectivity index (χ1v) is 8.78. The van der Waals surface area contributed by atoms with Gasteiger partial charge in [-0.25, -0.2) is 17.5 Å². The lowest BCUT2D eigenvalue weighted by molar-refractivity contribution is -0.116. The first-order valence-electron chi connectivity index (χ1n) is 7.30. The Labute approximate surface area is 148 Å². The molecule has 1 rings (SSSR count). The molecule has 1 amide bonds. The van der Waals surface area contributed by atoms with Crippen molar-refractivity contribution in [3.63, 3.8) is 0 Å². The van der Waals surface area contributed by atoms with E-state index in [-0.39, 0.29) is 36.5 Å². The maximum atomic E-state index is 13.9. The first kappa shape index (κ1) is 22.8. The van der Waals surface area contributed by atoms with Crippen LogP contribution in [0.1, 0.15) is 40.5 Å². The van der Waals surface area contributed by atoms with Crippen molar-refractivity contribution in [3.8, 4) is 0 Å². The van der Waals surface area contributed by atoms with Crippen molar-refractivity contribution in [3.05, 3.63) is 24.0 Å². The van der Waals surface area contributed by atoms with Gasteiger partial charge in [-0.1, -0.05) is 0 Å². The van der Waals surface area contributed by atoms with Crippen molar-refractivity contribution in [2.45, 2.75) is 57.0 Å². The van der Waals surface area contributed by atoms with Gasteiger partial charge < -0.3 is 11.1 Å². The second kappa shape index (κ2) is 8.75. The summed E-state index contributed by atoms with van der Waals surface area (Å²) in [6.07, 6.45) is 0.709. The Morgan fingerprint density at radius 3 is 2.42 bits per heavy atom. The van der Waals surface area contributed by atoms with Crippen LogP contribution in [0.15, 0.2) is 23.1 Å². The van der Waals surface area contributed by atoms with Gasteiger partial charge in [0.2, 0.25) is 15.9 Å². The SMILES string of the molecule is CC(N)CCC(=O)Nc1ccc(F)c(S(=O)(=O)NC(C)(C)C)c1.Cl. The van der Waals surface area contributed by atoms with E-state index in [2.05, 4.69) is 10.0 Å². The molecule has 0 aliphatic heterocycles. The van der Waals surface area contributed by atoms with Crippen LogP contribution in [0.25, 0.3) is 0 Å². The normalized spacial score (nSPS) is 13.1. The van der Waals surface area contributed by atoms with E-state index < -0.39 is 26.3 Å². The zero-order valence-electron chi connectivity index (χ0n) is 14.2. The first-order chi connectivity index (χ1) is 10.4. The monoisotopic (exact) mass is 381 g/mol. The molecule has 0 fully saturated rings. The van der Waals surface area contributed by atoms with Crippen LogP contribution in [0.4, 0.5) is 10.1 Å². The van der Waals surface area contributed by atoms with E-state index >= 15 is 0 Å². The van der Waals surface area contributed by atoms with E-state index in [0.29, 0.717) is 6.42 Å². The maximum absolute atomic E-state index is 13.9. The molecule has 0 heterocycles. The van der Waals surface area contributed by atoms with E-state index in [1.807, 2.05) is 0 Å². The summed E-state index contributed by atoms with van der Waals surface area (Å²) in [6.45, 7) is 6.75. The summed E-state index contributed by atoms with van der Waals surface area (Å²) in [5.41, 5.74) is 5.05. The van der Waals surface area contributed by atoms with Gasteiger partial charge in [-0.2, -0.15) is 0 Å². The van der Waals surface area contributed by atoms with Crippen molar-refractivity contribution in [2.24, 2.45) is 5.73 Å². The Kier molecular flexibility index (Phi) is 8.31. The Morgan fingerprint density at radius 1 is 1.33 bits per heavy atom. The number of carbonyl (C=O) groups excluding carboxylic acids is 1. The van der Waals surface area contributed by atoms with Gasteiger partial charge in [0, 0.05) is 23.7 Å². The van der Waals surface area contributed by atoms with Crippen molar-refractivity contribution in [2.75, 3.05) is 5.32 Å². The number of amides is 1. The van der Waals surface area contributed by atoms with Gasteiger partial charge >= 0.3 is 0 Å². The Balaban J connectivity index is 0.00000529.